The molecule has 0 bridgehead atoms. The molecule has 62 valence electrons. The lowest BCUT2D eigenvalue weighted by Gasteiger charge is -1.92. The third kappa shape index (κ3) is 2.07. The first-order chi connectivity index (χ1) is 5.75. The quantitative estimate of drug-likeness (QED) is 0.428. The molecule has 0 aliphatic rings. The number of rotatable bonds is 2. The van der Waals surface area contributed by atoms with Crippen molar-refractivity contribution < 1.29 is 9.08 Å². The largest absolute Gasteiger partial charge is 0.503 e. The third-order valence-corrected chi connectivity index (χ3v) is 1.58. The second-order valence-electron chi connectivity index (χ2n) is 2.29. The smallest absolute Gasteiger partial charge is 0.208 e. The summed E-state index contributed by atoms with van der Waals surface area (Å²) in [5.41, 5.74) is 4.59. The van der Waals surface area contributed by atoms with Crippen LogP contribution < -0.4 is 5.48 Å². The molecule has 0 unspecified atom stereocenters. The Hall–Kier alpha value is -0.840. The minimum Gasteiger partial charge on any atom is -0.208 e. The maximum atomic E-state index is 11.1. The normalized spacial score (nSPS) is 9.83. The fraction of sp³-hybridized carbons (Fsp3) is 0.125. The zero-order valence-electron chi connectivity index (χ0n) is 6.52. The van der Waals surface area contributed by atoms with E-state index in [1.165, 1.54) is 0 Å². The summed E-state index contributed by atoms with van der Waals surface area (Å²) in [6.07, 6.45) is 0. The Kier molecular flexibility index (Phi) is 3.28. The van der Waals surface area contributed by atoms with E-state index in [9.17, 15) is 4.79 Å². The molecule has 0 spiro atoms. The van der Waals surface area contributed by atoms with Crippen molar-refractivity contribution in [2.45, 2.75) is 6.92 Å². The van der Waals surface area contributed by atoms with E-state index in [1.807, 2.05) is 19.1 Å². The molecule has 0 saturated carbocycles. The number of carbonyl (C=O) groups is 1. The van der Waals surface area contributed by atoms with E-state index in [0.717, 1.165) is 5.56 Å². The molecule has 1 aromatic carbocycles. The number of benzene rings is 1. The number of aryl methyl sites for hydroxylation is 1. The van der Waals surface area contributed by atoms with Crippen LogP contribution in [0.2, 0.25) is 0 Å². The molecule has 0 atom stereocenters. The van der Waals surface area contributed by atoms with Crippen LogP contribution in [-0.2, 0) is 4.28 Å². The summed E-state index contributed by atoms with van der Waals surface area (Å²) in [5.74, 6) is -0.414. The standard InChI is InChI=1S/C8H8NO2S/c1-6-4-2-3-5-7(6)8(10)9-11-12/h2-5,12H,1H3/q+1. The Balaban J connectivity index is 2.87. The number of thiol groups is 1. The zero-order valence-corrected chi connectivity index (χ0v) is 7.41. The molecular weight excluding hydrogens is 174 g/mol. The summed E-state index contributed by atoms with van der Waals surface area (Å²) in [6.45, 7) is 1.83. The van der Waals surface area contributed by atoms with Crippen molar-refractivity contribution >= 4 is 18.8 Å². The van der Waals surface area contributed by atoms with Crippen molar-refractivity contribution in [2.75, 3.05) is 0 Å². The highest BCUT2D eigenvalue weighted by Crippen LogP contribution is 2.06. The van der Waals surface area contributed by atoms with Gasteiger partial charge in [-0.2, -0.15) is 0 Å². The van der Waals surface area contributed by atoms with Crippen LogP contribution in [0.4, 0.5) is 0 Å². The maximum Gasteiger partial charge on any atom is 0.503 e. The lowest BCUT2D eigenvalue weighted by Crippen LogP contribution is -2.13. The highest BCUT2D eigenvalue weighted by Gasteiger charge is 2.24. The van der Waals surface area contributed by atoms with Gasteiger partial charge in [0.05, 0.1) is 18.5 Å². The molecule has 0 saturated heterocycles. The number of hydrogen-bond donors (Lipinski definition) is 1. The fourth-order valence-electron chi connectivity index (χ4n) is 0.899. The lowest BCUT2D eigenvalue weighted by molar-refractivity contribution is 0.0786. The summed E-state index contributed by atoms with van der Waals surface area (Å²) in [7, 11) is 0. The van der Waals surface area contributed by atoms with Gasteiger partial charge in [0, 0.05) is 0 Å². The van der Waals surface area contributed by atoms with Crippen LogP contribution in [0.15, 0.2) is 24.3 Å². The summed E-state index contributed by atoms with van der Waals surface area (Å²) in [5, 5.41) is 0. The summed E-state index contributed by atoms with van der Waals surface area (Å²) >= 11 is 3.36. The Morgan fingerprint density at radius 3 is 2.75 bits per heavy atom. The van der Waals surface area contributed by atoms with E-state index in [1.54, 1.807) is 12.1 Å². The van der Waals surface area contributed by atoms with Gasteiger partial charge in [0.2, 0.25) is 0 Å². The van der Waals surface area contributed by atoms with Gasteiger partial charge in [-0.15, -0.1) is 0 Å². The fourth-order valence-corrected chi connectivity index (χ4v) is 0.973. The first kappa shape index (κ1) is 9.25. The van der Waals surface area contributed by atoms with Crippen LogP contribution in [0.5, 0.6) is 0 Å². The third-order valence-electron chi connectivity index (χ3n) is 1.50. The number of hydrogen-bond acceptors (Lipinski definition) is 3. The first-order valence-electron chi connectivity index (χ1n) is 3.37. The molecule has 0 N–H and O–H groups in total. The number of amides is 1. The van der Waals surface area contributed by atoms with Crippen molar-refractivity contribution in [1.82, 2.24) is 5.48 Å². The van der Waals surface area contributed by atoms with Crippen LogP contribution in [0, 0.1) is 6.92 Å². The van der Waals surface area contributed by atoms with Crippen LogP contribution >= 0.6 is 12.9 Å². The molecule has 2 radical (unpaired) electrons. The van der Waals surface area contributed by atoms with Gasteiger partial charge in [0.25, 0.3) is 0 Å². The van der Waals surface area contributed by atoms with E-state index < -0.39 is 5.91 Å². The van der Waals surface area contributed by atoms with E-state index in [-0.39, 0.29) is 0 Å². The number of hydroxylamine groups is 1. The SMILES string of the molecule is Cc1ccccc1C(=O)[N+]OS. The lowest BCUT2D eigenvalue weighted by atomic mass is 10.1. The van der Waals surface area contributed by atoms with E-state index in [0.29, 0.717) is 5.56 Å². The predicted molar refractivity (Wildman–Crippen MR) is 47.7 cm³/mol. The summed E-state index contributed by atoms with van der Waals surface area (Å²) in [4.78, 5) is 11.1. The monoisotopic (exact) mass is 182 g/mol. The zero-order chi connectivity index (χ0) is 8.97. The van der Waals surface area contributed by atoms with Gasteiger partial charge >= 0.3 is 11.4 Å². The highest BCUT2D eigenvalue weighted by atomic mass is 32.1. The maximum absolute atomic E-state index is 11.1. The van der Waals surface area contributed by atoms with Gasteiger partial charge in [-0.05, 0) is 22.8 Å². The topological polar surface area (TPSA) is 40.4 Å². The molecule has 1 amide bonds. The van der Waals surface area contributed by atoms with Gasteiger partial charge in [0.15, 0.2) is 0 Å². The molecule has 0 aliphatic heterocycles. The Bertz CT molecular complexity index is 288. The van der Waals surface area contributed by atoms with Gasteiger partial charge in [-0.1, -0.05) is 18.2 Å². The van der Waals surface area contributed by atoms with Crippen molar-refractivity contribution in [2.24, 2.45) is 0 Å². The predicted octanol–water partition coefficient (Wildman–Crippen LogP) is 1.52. The van der Waals surface area contributed by atoms with Crippen LogP contribution in [0.3, 0.4) is 0 Å². The van der Waals surface area contributed by atoms with Crippen LogP contribution in [0.1, 0.15) is 15.9 Å². The van der Waals surface area contributed by atoms with Gasteiger partial charge in [-0.25, -0.2) is 4.79 Å². The minimum atomic E-state index is -0.414. The van der Waals surface area contributed by atoms with E-state index >= 15 is 0 Å². The van der Waals surface area contributed by atoms with Crippen molar-refractivity contribution in [1.29, 1.82) is 0 Å². The average Bonchev–Trinajstić information content (AvgIpc) is 2.05. The molecule has 12 heavy (non-hydrogen) atoms. The molecule has 1 rings (SSSR count). The van der Waals surface area contributed by atoms with Crippen LogP contribution in [-0.4, -0.2) is 5.91 Å². The molecule has 0 fully saturated rings. The Morgan fingerprint density at radius 1 is 1.50 bits per heavy atom. The van der Waals surface area contributed by atoms with Gasteiger partial charge in [0.1, 0.15) is 0 Å². The average molecular weight is 182 g/mol. The number of carbonyl (C=O) groups excluding carboxylic acids is 1. The number of nitrogens with zero attached hydrogens (tertiary/aromatic N) is 1. The first-order valence-corrected chi connectivity index (χ1v) is 3.74. The molecular formula is C8H8NO2S+. The summed E-state index contributed by atoms with van der Waals surface area (Å²) in [6, 6.07) is 7.15. The minimum absolute atomic E-state index is 0.414. The summed E-state index contributed by atoms with van der Waals surface area (Å²) < 4.78 is 4.08. The Labute approximate surface area is 76.3 Å². The van der Waals surface area contributed by atoms with Crippen molar-refractivity contribution in [3.05, 3.63) is 35.4 Å². The molecule has 3 nitrogen and oxygen atoms in total. The van der Waals surface area contributed by atoms with Crippen molar-refractivity contribution in [3.8, 4) is 0 Å². The molecule has 0 heterocycles. The van der Waals surface area contributed by atoms with E-state index in [4.69, 9.17) is 0 Å². The molecule has 1 aromatic rings. The highest BCUT2D eigenvalue weighted by molar-refractivity contribution is 7.75. The van der Waals surface area contributed by atoms with Gasteiger partial charge in [-0.3, -0.25) is 0 Å². The molecule has 4 heteroatoms. The van der Waals surface area contributed by atoms with Crippen LogP contribution in [0.25, 0.3) is 0 Å². The van der Waals surface area contributed by atoms with Crippen molar-refractivity contribution in [3.63, 3.8) is 0 Å². The second-order valence-corrected chi connectivity index (χ2v) is 2.46. The van der Waals surface area contributed by atoms with E-state index in [2.05, 4.69) is 22.7 Å². The molecule has 0 aliphatic carbocycles. The Morgan fingerprint density at radius 2 is 2.17 bits per heavy atom. The second kappa shape index (κ2) is 4.25. The van der Waals surface area contributed by atoms with Gasteiger partial charge < -0.3 is 0 Å². The molecule has 0 aromatic heterocycles.